The van der Waals surface area contributed by atoms with Crippen LogP contribution in [0.25, 0.3) is 0 Å². The molecule has 17 heavy (non-hydrogen) atoms. The number of aryl methyl sites for hydroxylation is 1. The molecule has 0 fully saturated rings. The summed E-state index contributed by atoms with van der Waals surface area (Å²) in [6.07, 6.45) is 1.12. The number of aromatic nitrogens is 2. The normalized spacial score (nSPS) is 12.2. The van der Waals surface area contributed by atoms with Crippen LogP contribution in [0.5, 0.6) is 0 Å². The first-order valence-corrected chi connectivity index (χ1v) is 6.97. The van der Waals surface area contributed by atoms with Crippen LogP contribution in [0.1, 0.15) is 26.0 Å². The number of hydrogen-bond donors (Lipinski definition) is 3. The molecule has 1 unspecified atom stereocenters. The Bertz CT molecular complexity index is 345. The van der Waals surface area contributed by atoms with Crippen LogP contribution in [0.3, 0.4) is 0 Å². The largest absolute Gasteiger partial charge is 0.367 e. The molecule has 1 aromatic rings. The third kappa shape index (κ3) is 5.23. The van der Waals surface area contributed by atoms with Crippen LogP contribution in [0.4, 0.5) is 11.8 Å². The zero-order valence-electron chi connectivity index (χ0n) is 10.7. The minimum Gasteiger partial charge on any atom is -0.367 e. The summed E-state index contributed by atoms with van der Waals surface area (Å²) in [4.78, 5) is 8.40. The molecule has 1 heterocycles. The smallest absolute Gasteiger partial charge is 0.239 e. The first-order chi connectivity index (χ1) is 8.15. The molecular weight excluding hydrogens is 234 g/mol. The van der Waals surface area contributed by atoms with Crippen LogP contribution in [-0.2, 0) is 0 Å². The van der Waals surface area contributed by atoms with E-state index in [-0.39, 0.29) is 0 Å². The minimum atomic E-state index is 0.397. The van der Waals surface area contributed by atoms with Gasteiger partial charge in [-0.3, -0.25) is 5.43 Å². The van der Waals surface area contributed by atoms with Crippen LogP contribution in [0, 0.1) is 6.92 Å². The topological polar surface area (TPSA) is 75.9 Å². The Morgan fingerprint density at radius 3 is 2.88 bits per heavy atom. The number of nitrogens with one attached hydrogen (secondary N) is 2. The number of rotatable bonds is 7. The summed E-state index contributed by atoms with van der Waals surface area (Å²) in [5.74, 6) is 8.91. The monoisotopic (exact) mass is 255 g/mol. The van der Waals surface area contributed by atoms with Gasteiger partial charge in [0, 0.05) is 17.8 Å². The molecule has 0 aliphatic heterocycles. The Labute approximate surface area is 107 Å². The van der Waals surface area contributed by atoms with E-state index in [1.165, 1.54) is 5.75 Å². The lowest BCUT2D eigenvalue weighted by atomic mass is 10.2. The quantitative estimate of drug-likeness (QED) is 0.393. The predicted octanol–water partition coefficient (Wildman–Crippen LogP) is 2.01. The molecule has 6 heteroatoms. The Hall–Kier alpha value is -1.01. The zero-order chi connectivity index (χ0) is 12.7. The lowest BCUT2D eigenvalue weighted by Gasteiger charge is -2.14. The fourth-order valence-electron chi connectivity index (χ4n) is 1.44. The zero-order valence-corrected chi connectivity index (χ0v) is 11.5. The van der Waals surface area contributed by atoms with E-state index in [2.05, 4.69) is 34.6 Å². The Kier molecular flexibility index (Phi) is 6.07. The molecule has 0 saturated heterocycles. The molecule has 0 saturated carbocycles. The van der Waals surface area contributed by atoms with Crippen molar-refractivity contribution in [3.63, 3.8) is 0 Å². The molecule has 1 aromatic heterocycles. The van der Waals surface area contributed by atoms with Gasteiger partial charge >= 0.3 is 0 Å². The van der Waals surface area contributed by atoms with Gasteiger partial charge in [-0.25, -0.2) is 10.8 Å². The second-order valence-corrected chi connectivity index (χ2v) is 5.29. The van der Waals surface area contributed by atoms with Crippen LogP contribution >= 0.6 is 11.8 Å². The van der Waals surface area contributed by atoms with Crippen molar-refractivity contribution < 1.29 is 0 Å². The number of nitrogens with zero attached hydrogens (tertiary/aromatic N) is 2. The summed E-state index contributed by atoms with van der Waals surface area (Å²) in [5.41, 5.74) is 3.36. The first kappa shape index (κ1) is 14.1. The Balaban J connectivity index is 2.52. The summed E-state index contributed by atoms with van der Waals surface area (Å²) in [7, 11) is 0. The SMILES string of the molecule is CCSCCC(C)Nc1cc(C)nc(NN)n1. The van der Waals surface area contributed by atoms with Crippen molar-refractivity contribution in [2.45, 2.75) is 33.2 Å². The molecule has 0 aliphatic carbocycles. The maximum atomic E-state index is 5.31. The maximum Gasteiger partial charge on any atom is 0.239 e. The minimum absolute atomic E-state index is 0.397. The molecule has 0 aromatic carbocycles. The fraction of sp³-hybridized carbons (Fsp3) is 0.636. The van der Waals surface area contributed by atoms with E-state index < -0.39 is 0 Å². The van der Waals surface area contributed by atoms with Gasteiger partial charge < -0.3 is 5.32 Å². The van der Waals surface area contributed by atoms with Gasteiger partial charge in [-0.05, 0) is 31.8 Å². The van der Waals surface area contributed by atoms with Crippen molar-refractivity contribution in [1.82, 2.24) is 9.97 Å². The van der Waals surface area contributed by atoms with E-state index >= 15 is 0 Å². The summed E-state index contributed by atoms with van der Waals surface area (Å²) in [6.45, 7) is 6.25. The number of anilines is 2. The van der Waals surface area contributed by atoms with Crippen LogP contribution in [-0.4, -0.2) is 27.5 Å². The van der Waals surface area contributed by atoms with E-state index in [1.807, 2.05) is 24.8 Å². The van der Waals surface area contributed by atoms with E-state index in [0.717, 1.165) is 23.7 Å². The molecule has 4 N–H and O–H groups in total. The number of hydrogen-bond acceptors (Lipinski definition) is 6. The molecular formula is C11H21N5S. The van der Waals surface area contributed by atoms with Gasteiger partial charge in [0.05, 0.1) is 0 Å². The van der Waals surface area contributed by atoms with Crippen molar-refractivity contribution >= 4 is 23.5 Å². The lowest BCUT2D eigenvalue weighted by molar-refractivity contribution is 0.765. The summed E-state index contributed by atoms with van der Waals surface area (Å²) < 4.78 is 0. The highest BCUT2D eigenvalue weighted by atomic mass is 32.2. The van der Waals surface area contributed by atoms with Gasteiger partial charge in [-0.15, -0.1) is 0 Å². The second-order valence-electron chi connectivity index (χ2n) is 3.89. The van der Waals surface area contributed by atoms with Crippen molar-refractivity contribution in [3.05, 3.63) is 11.8 Å². The third-order valence-electron chi connectivity index (χ3n) is 2.28. The fourth-order valence-corrected chi connectivity index (χ4v) is 2.25. The molecule has 0 aliphatic rings. The van der Waals surface area contributed by atoms with Gasteiger partial charge in [-0.2, -0.15) is 16.7 Å². The number of thioether (sulfide) groups is 1. The average molecular weight is 255 g/mol. The van der Waals surface area contributed by atoms with E-state index in [0.29, 0.717) is 12.0 Å². The van der Waals surface area contributed by atoms with E-state index in [1.54, 1.807) is 0 Å². The van der Waals surface area contributed by atoms with Gasteiger partial charge in [0.25, 0.3) is 0 Å². The third-order valence-corrected chi connectivity index (χ3v) is 3.21. The standard InChI is InChI=1S/C11H21N5S/c1-4-17-6-5-8(2)13-10-7-9(3)14-11(15-10)16-12/h7-8H,4-6,12H2,1-3H3,(H2,13,14,15,16). The Morgan fingerprint density at radius 1 is 1.47 bits per heavy atom. The molecule has 0 bridgehead atoms. The molecule has 1 rings (SSSR count). The first-order valence-electron chi connectivity index (χ1n) is 5.82. The Morgan fingerprint density at radius 2 is 2.24 bits per heavy atom. The summed E-state index contributed by atoms with van der Waals surface area (Å²) in [5, 5.41) is 3.36. The van der Waals surface area contributed by atoms with Crippen molar-refractivity contribution in [1.29, 1.82) is 0 Å². The molecule has 0 radical (unpaired) electrons. The number of nitrogen functional groups attached to an aromatic ring is 1. The van der Waals surface area contributed by atoms with Crippen molar-refractivity contribution in [2.75, 3.05) is 22.2 Å². The highest BCUT2D eigenvalue weighted by Gasteiger charge is 2.05. The summed E-state index contributed by atoms with van der Waals surface area (Å²) >= 11 is 1.95. The van der Waals surface area contributed by atoms with Crippen LogP contribution < -0.4 is 16.6 Å². The highest BCUT2D eigenvalue weighted by molar-refractivity contribution is 7.99. The van der Waals surface area contributed by atoms with Crippen molar-refractivity contribution in [2.24, 2.45) is 5.84 Å². The van der Waals surface area contributed by atoms with E-state index in [4.69, 9.17) is 5.84 Å². The lowest BCUT2D eigenvalue weighted by Crippen LogP contribution is -2.18. The molecule has 1 atom stereocenters. The predicted molar refractivity (Wildman–Crippen MR) is 75.3 cm³/mol. The van der Waals surface area contributed by atoms with Crippen LogP contribution in [0.15, 0.2) is 6.07 Å². The van der Waals surface area contributed by atoms with E-state index in [9.17, 15) is 0 Å². The molecule has 0 amide bonds. The van der Waals surface area contributed by atoms with Gasteiger partial charge in [-0.1, -0.05) is 6.92 Å². The van der Waals surface area contributed by atoms with Gasteiger partial charge in [0.2, 0.25) is 5.95 Å². The highest BCUT2D eigenvalue weighted by Crippen LogP contribution is 2.12. The average Bonchev–Trinajstić information content (AvgIpc) is 2.28. The second kappa shape index (κ2) is 7.34. The number of hydrazine groups is 1. The molecule has 5 nitrogen and oxygen atoms in total. The van der Waals surface area contributed by atoms with Gasteiger partial charge in [0.15, 0.2) is 0 Å². The van der Waals surface area contributed by atoms with Gasteiger partial charge in [0.1, 0.15) is 5.82 Å². The molecule has 0 spiro atoms. The van der Waals surface area contributed by atoms with Crippen LogP contribution in [0.2, 0.25) is 0 Å². The summed E-state index contributed by atoms with van der Waals surface area (Å²) in [6, 6.07) is 2.32. The number of nitrogens with two attached hydrogens (primary N) is 1. The van der Waals surface area contributed by atoms with Crippen molar-refractivity contribution in [3.8, 4) is 0 Å². The molecule has 96 valence electrons. The maximum absolute atomic E-state index is 5.31.